The van der Waals surface area contributed by atoms with E-state index in [2.05, 4.69) is 26.6 Å². The molecular weight excluding hydrogens is 343 g/mol. The van der Waals surface area contributed by atoms with Crippen LogP contribution in [-0.2, 0) is 6.42 Å². The number of guanidine groups is 1. The summed E-state index contributed by atoms with van der Waals surface area (Å²) in [5, 5.41) is 6.65. The Bertz CT molecular complexity index is 748. The van der Waals surface area contributed by atoms with E-state index in [4.69, 9.17) is 4.74 Å². The molecule has 0 aliphatic heterocycles. The summed E-state index contributed by atoms with van der Waals surface area (Å²) >= 11 is 0. The number of hydrogen-bond acceptors (Lipinski definition) is 3. The summed E-state index contributed by atoms with van der Waals surface area (Å²) in [5.41, 5.74) is 2.13. The van der Waals surface area contributed by atoms with E-state index in [9.17, 15) is 4.39 Å². The number of aliphatic imine (C=N–C) groups is 1. The molecule has 2 rings (SSSR count). The van der Waals surface area contributed by atoms with Gasteiger partial charge in [-0.05, 0) is 55.9 Å². The topological polar surface area (TPSA) is 48.9 Å². The Morgan fingerprint density at radius 2 is 1.93 bits per heavy atom. The number of nitrogens with zero attached hydrogens (tertiary/aromatic N) is 2. The van der Waals surface area contributed by atoms with Crippen molar-refractivity contribution in [2.75, 3.05) is 41.3 Å². The van der Waals surface area contributed by atoms with E-state index in [0.717, 1.165) is 23.7 Å². The molecule has 0 spiro atoms. The molecule has 5 nitrogen and oxygen atoms in total. The Morgan fingerprint density at radius 1 is 1.15 bits per heavy atom. The number of likely N-dealkylation sites (N-methyl/N-ethyl adjacent to an activating group) is 1. The molecule has 0 aliphatic carbocycles. The van der Waals surface area contributed by atoms with E-state index < -0.39 is 0 Å². The Hall–Kier alpha value is -2.60. The van der Waals surface area contributed by atoms with E-state index in [1.807, 2.05) is 38.4 Å². The number of ether oxygens (including phenoxy) is 1. The fourth-order valence-corrected chi connectivity index (χ4v) is 2.88. The number of nitrogens with one attached hydrogen (secondary N) is 2. The van der Waals surface area contributed by atoms with Crippen LogP contribution in [0.15, 0.2) is 53.5 Å². The summed E-state index contributed by atoms with van der Waals surface area (Å²) in [6.45, 7) is 1.37. The van der Waals surface area contributed by atoms with E-state index in [1.54, 1.807) is 26.3 Å². The predicted molar refractivity (Wildman–Crippen MR) is 109 cm³/mol. The van der Waals surface area contributed by atoms with Crippen LogP contribution < -0.4 is 15.4 Å². The number of halogens is 1. The molecule has 0 amide bonds. The van der Waals surface area contributed by atoms with Gasteiger partial charge in [-0.1, -0.05) is 24.3 Å². The van der Waals surface area contributed by atoms with Crippen molar-refractivity contribution in [1.29, 1.82) is 0 Å². The first-order chi connectivity index (χ1) is 13.0. The van der Waals surface area contributed by atoms with Gasteiger partial charge in [0.25, 0.3) is 0 Å². The molecule has 146 valence electrons. The molecule has 0 radical (unpaired) electrons. The summed E-state index contributed by atoms with van der Waals surface area (Å²) in [6.07, 6.45) is 0.728. The average molecular weight is 372 g/mol. The lowest BCUT2D eigenvalue weighted by molar-refractivity contribution is 0.297. The predicted octanol–water partition coefficient (Wildman–Crippen LogP) is 2.84. The minimum Gasteiger partial charge on any atom is -0.497 e. The lowest BCUT2D eigenvalue weighted by Crippen LogP contribution is -2.42. The van der Waals surface area contributed by atoms with Crippen molar-refractivity contribution in [2.45, 2.75) is 12.5 Å². The van der Waals surface area contributed by atoms with Crippen LogP contribution in [0.4, 0.5) is 4.39 Å². The van der Waals surface area contributed by atoms with E-state index in [-0.39, 0.29) is 11.9 Å². The minimum absolute atomic E-state index is 0.168. The molecule has 1 unspecified atom stereocenters. The van der Waals surface area contributed by atoms with Gasteiger partial charge in [0.2, 0.25) is 0 Å². The quantitative estimate of drug-likeness (QED) is 0.553. The largest absolute Gasteiger partial charge is 0.497 e. The fraction of sp³-hybridized carbons (Fsp3) is 0.381. The first-order valence-electron chi connectivity index (χ1n) is 9.03. The van der Waals surface area contributed by atoms with Gasteiger partial charge in [0.15, 0.2) is 5.96 Å². The maximum absolute atomic E-state index is 13.2. The molecule has 1 atom stereocenters. The molecule has 0 aromatic heterocycles. The molecule has 0 fully saturated rings. The van der Waals surface area contributed by atoms with Gasteiger partial charge in [0.05, 0.1) is 13.2 Å². The number of rotatable bonds is 8. The van der Waals surface area contributed by atoms with Gasteiger partial charge in [0, 0.05) is 20.1 Å². The van der Waals surface area contributed by atoms with Crippen molar-refractivity contribution in [3.63, 3.8) is 0 Å². The van der Waals surface area contributed by atoms with Crippen molar-refractivity contribution in [3.8, 4) is 5.75 Å². The average Bonchev–Trinajstić information content (AvgIpc) is 2.66. The monoisotopic (exact) mass is 372 g/mol. The molecule has 2 N–H and O–H groups in total. The summed E-state index contributed by atoms with van der Waals surface area (Å²) < 4.78 is 18.6. The Labute approximate surface area is 161 Å². The normalized spacial score (nSPS) is 12.7. The molecular formula is C21H29FN4O. The fourth-order valence-electron chi connectivity index (χ4n) is 2.88. The second-order valence-corrected chi connectivity index (χ2v) is 6.52. The number of methoxy groups -OCH3 is 1. The molecule has 0 aliphatic rings. The van der Waals surface area contributed by atoms with Gasteiger partial charge in [-0.3, -0.25) is 4.99 Å². The molecule has 27 heavy (non-hydrogen) atoms. The van der Waals surface area contributed by atoms with Crippen LogP contribution in [0.25, 0.3) is 0 Å². The first kappa shape index (κ1) is 20.7. The zero-order valence-electron chi connectivity index (χ0n) is 16.5. The van der Waals surface area contributed by atoms with E-state index in [1.165, 1.54) is 11.6 Å². The molecule has 2 aromatic carbocycles. The standard InChI is InChI=1S/C21H29FN4O/c1-23-21(24-12-11-16-7-5-9-18(22)13-16)25-15-20(26(2)3)17-8-6-10-19(14-17)27-4/h5-10,13-14,20H,11-12,15H2,1-4H3,(H2,23,24,25). The van der Waals surface area contributed by atoms with Crippen LogP contribution in [0, 0.1) is 5.82 Å². The summed E-state index contributed by atoms with van der Waals surface area (Å²) in [5.74, 6) is 1.36. The molecule has 0 bridgehead atoms. The SMILES string of the molecule is CN=C(NCCc1cccc(F)c1)NCC(c1cccc(OC)c1)N(C)C. The molecule has 0 saturated heterocycles. The van der Waals surface area contributed by atoms with Gasteiger partial charge in [-0.15, -0.1) is 0 Å². The van der Waals surface area contributed by atoms with E-state index >= 15 is 0 Å². The third-order valence-electron chi connectivity index (χ3n) is 4.38. The maximum Gasteiger partial charge on any atom is 0.191 e. The van der Waals surface area contributed by atoms with Crippen molar-refractivity contribution in [2.24, 2.45) is 4.99 Å². The number of benzene rings is 2. The third kappa shape index (κ3) is 6.57. The second-order valence-electron chi connectivity index (χ2n) is 6.52. The molecule has 0 saturated carbocycles. The third-order valence-corrected chi connectivity index (χ3v) is 4.38. The highest BCUT2D eigenvalue weighted by molar-refractivity contribution is 5.79. The van der Waals surface area contributed by atoms with Crippen molar-refractivity contribution in [1.82, 2.24) is 15.5 Å². The smallest absolute Gasteiger partial charge is 0.191 e. The molecule has 0 heterocycles. The van der Waals surface area contributed by atoms with Crippen molar-refractivity contribution in [3.05, 3.63) is 65.5 Å². The highest BCUT2D eigenvalue weighted by Crippen LogP contribution is 2.22. The Morgan fingerprint density at radius 3 is 2.59 bits per heavy atom. The van der Waals surface area contributed by atoms with Crippen LogP contribution >= 0.6 is 0 Å². The van der Waals surface area contributed by atoms with Gasteiger partial charge in [0.1, 0.15) is 11.6 Å². The molecule has 6 heteroatoms. The maximum atomic E-state index is 13.2. The van der Waals surface area contributed by atoms with Crippen molar-refractivity contribution < 1.29 is 9.13 Å². The van der Waals surface area contributed by atoms with E-state index in [0.29, 0.717) is 13.1 Å². The summed E-state index contributed by atoms with van der Waals surface area (Å²) in [7, 11) is 7.51. The van der Waals surface area contributed by atoms with Crippen LogP contribution in [0.2, 0.25) is 0 Å². The highest BCUT2D eigenvalue weighted by Gasteiger charge is 2.15. The zero-order valence-corrected chi connectivity index (χ0v) is 16.5. The first-order valence-corrected chi connectivity index (χ1v) is 9.03. The second kappa shape index (κ2) is 10.5. The Kier molecular flexibility index (Phi) is 8.07. The van der Waals surface area contributed by atoms with Gasteiger partial charge >= 0.3 is 0 Å². The van der Waals surface area contributed by atoms with Crippen LogP contribution in [-0.4, -0.2) is 52.2 Å². The van der Waals surface area contributed by atoms with Crippen LogP contribution in [0.5, 0.6) is 5.75 Å². The lowest BCUT2D eigenvalue weighted by Gasteiger charge is -2.26. The molecule has 2 aromatic rings. The minimum atomic E-state index is -0.206. The Balaban J connectivity index is 1.90. The number of hydrogen-bond donors (Lipinski definition) is 2. The lowest BCUT2D eigenvalue weighted by atomic mass is 10.1. The zero-order chi connectivity index (χ0) is 19.6. The van der Waals surface area contributed by atoms with Gasteiger partial charge in [-0.25, -0.2) is 4.39 Å². The van der Waals surface area contributed by atoms with Gasteiger partial charge in [-0.2, -0.15) is 0 Å². The van der Waals surface area contributed by atoms with Gasteiger partial charge < -0.3 is 20.3 Å². The highest BCUT2D eigenvalue weighted by atomic mass is 19.1. The van der Waals surface area contributed by atoms with Crippen molar-refractivity contribution >= 4 is 5.96 Å². The van der Waals surface area contributed by atoms with Crippen LogP contribution in [0.1, 0.15) is 17.2 Å². The summed E-state index contributed by atoms with van der Waals surface area (Å²) in [6, 6.07) is 14.9. The van der Waals surface area contributed by atoms with Crippen LogP contribution in [0.3, 0.4) is 0 Å². The summed E-state index contributed by atoms with van der Waals surface area (Å²) in [4.78, 5) is 6.43.